The second-order valence-electron chi connectivity index (χ2n) is 7.31. The Morgan fingerprint density at radius 1 is 1.11 bits per heavy atom. The molecule has 1 fully saturated rings. The summed E-state index contributed by atoms with van der Waals surface area (Å²) in [4.78, 5) is 2.75. The van der Waals surface area contributed by atoms with Gasteiger partial charge >= 0.3 is 0 Å². The summed E-state index contributed by atoms with van der Waals surface area (Å²) in [6.45, 7) is 17.5. The molecule has 114 valence electrons. The third kappa shape index (κ3) is 5.43. The number of hydrogen-bond donors (Lipinski definition) is 1. The molecule has 0 aromatic rings. The lowest BCUT2D eigenvalue weighted by Crippen LogP contribution is -2.53. The first-order valence-corrected chi connectivity index (χ1v) is 8.40. The first-order valence-electron chi connectivity index (χ1n) is 8.40. The number of nitrogens with zero attached hydrogens (tertiary/aromatic N) is 1. The number of nitrogens with one attached hydrogen (secondary N) is 1. The van der Waals surface area contributed by atoms with Crippen LogP contribution in [0.1, 0.15) is 67.2 Å². The zero-order chi connectivity index (χ0) is 14.5. The topological polar surface area (TPSA) is 15.3 Å². The SMILES string of the molecule is CCC(CC)CN(CC)C1CCC1CNC(C)(C)C. The molecule has 0 aromatic heterocycles. The van der Waals surface area contributed by atoms with Crippen LogP contribution in [-0.2, 0) is 0 Å². The molecule has 19 heavy (non-hydrogen) atoms. The van der Waals surface area contributed by atoms with Gasteiger partial charge in [-0.25, -0.2) is 0 Å². The summed E-state index contributed by atoms with van der Waals surface area (Å²) in [5, 5.41) is 3.69. The van der Waals surface area contributed by atoms with Crippen molar-refractivity contribution in [3.05, 3.63) is 0 Å². The van der Waals surface area contributed by atoms with Crippen molar-refractivity contribution in [2.75, 3.05) is 19.6 Å². The molecule has 0 bridgehead atoms. The minimum Gasteiger partial charge on any atom is -0.312 e. The van der Waals surface area contributed by atoms with Gasteiger partial charge in [-0.05, 0) is 58.5 Å². The normalized spacial score (nSPS) is 24.0. The summed E-state index contributed by atoms with van der Waals surface area (Å²) in [7, 11) is 0. The molecule has 0 aromatic carbocycles. The van der Waals surface area contributed by atoms with Gasteiger partial charge in [0.1, 0.15) is 0 Å². The minimum absolute atomic E-state index is 0.257. The van der Waals surface area contributed by atoms with Crippen molar-refractivity contribution in [1.82, 2.24) is 10.2 Å². The van der Waals surface area contributed by atoms with Crippen LogP contribution < -0.4 is 5.32 Å². The van der Waals surface area contributed by atoms with Crippen LogP contribution in [-0.4, -0.2) is 36.1 Å². The first-order chi connectivity index (χ1) is 8.91. The molecule has 0 aliphatic heterocycles. The van der Waals surface area contributed by atoms with Gasteiger partial charge in [-0.15, -0.1) is 0 Å². The lowest BCUT2D eigenvalue weighted by molar-refractivity contribution is 0.0488. The Kier molecular flexibility index (Phi) is 6.82. The maximum atomic E-state index is 3.69. The average Bonchev–Trinajstić information content (AvgIpc) is 2.31. The Morgan fingerprint density at radius 3 is 2.11 bits per heavy atom. The highest BCUT2D eigenvalue weighted by Gasteiger charge is 2.35. The minimum atomic E-state index is 0.257. The fourth-order valence-electron chi connectivity index (χ4n) is 3.09. The molecule has 2 nitrogen and oxygen atoms in total. The van der Waals surface area contributed by atoms with Crippen LogP contribution in [0.4, 0.5) is 0 Å². The zero-order valence-electron chi connectivity index (χ0n) is 14.1. The fourth-order valence-corrected chi connectivity index (χ4v) is 3.09. The molecule has 0 radical (unpaired) electrons. The van der Waals surface area contributed by atoms with E-state index in [-0.39, 0.29) is 5.54 Å². The van der Waals surface area contributed by atoms with E-state index in [4.69, 9.17) is 0 Å². The maximum Gasteiger partial charge on any atom is 0.0136 e. The molecule has 1 aliphatic carbocycles. The molecule has 1 aliphatic rings. The van der Waals surface area contributed by atoms with Crippen molar-refractivity contribution in [2.45, 2.75) is 78.8 Å². The maximum absolute atomic E-state index is 3.69. The molecular weight excluding hydrogens is 232 g/mol. The van der Waals surface area contributed by atoms with E-state index in [1.54, 1.807) is 0 Å². The van der Waals surface area contributed by atoms with Crippen molar-refractivity contribution in [2.24, 2.45) is 11.8 Å². The van der Waals surface area contributed by atoms with Gasteiger partial charge in [0.15, 0.2) is 0 Å². The number of rotatable bonds is 8. The van der Waals surface area contributed by atoms with Crippen LogP contribution >= 0.6 is 0 Å². The molecule has 1 N–H and O–H groups in total. The highest BCUT2D eigenvalue weighted by molar-refractivity contribution is 4.91. The average molecular weight is 268 g/mol. The predicted octanol–water partition coefficient (Wildman–Crippen LogP) is 3.91. The van der Waals surface area contributed by atoms with Crippen LogP contribution in [0.5, 0.6) is 0 Å². The van der Waals surface area contributed by atoms with E-state index in [1.165, 1.54) is 45.3 Å². The smallest absolute Gasteiger partial charge is 0.0136 e. The van der Waals surface area contributed by atoms with Gasteiger partial charge in [0.05, 0.1) is 0 Å². The van der Waals surface area contributed by atoms with E-state index in [0.29, 0.717) is 0 Å². The molecule has 2 unspecified atom stereocenters. The molecule has 1 saturated carbocycles. The second-order valence-corrected chi connectivity index (χ2v) is 7.31. The van der Waals surface area contributed by atoms with Crippen molar-refractivity contribution in [3.8, 4) is 0 Å². The molecule has 0 saturated heterocycles. The predicted molar refractivity (Wildman–Crippen MR) is 85.6 cm³/mol. The van der Waals surface area contributed by atoms with Crippen molar-refractivity contribution in [3.63, 3.8) is 0 Å². The van der Waals surface area contributed by atoms with Crippen LogP contribution in [0.25, 0.3) is 0 Å². The Bertz CT molecular complexity index is 240. The summed E-state index contributed by atoms with van der Waals surface area (Å²) in [5.41, 5.74) is 0.257. The quantitative estimate of drug-likeness (QED) is 0.718. The molecule has 2 atom stereocenters. The summed E-state index contributed by atoms with van der Waals surface area (Å²) in [6, 6.07) is 0.834. The second kappa shape index (κ2) is 7.64. The van der Waals surface area contributed by atoms with Crippen molar-refractivity contribution >= 4 is 0 Å². The van der Waals surface area contributed by atoms with E-state index in [9.17, 15) is 0 Å². The highest BCUT2D eigenvalue weighted by atomic mass is 15.2. The van der Waals surface area contributed by atoms with Gasteiger partial charge < -0.3 is 10.2 Å². The zero-order valence-corrected chi connectivity index (χ0v) is 14.1. The van der Waals surface area contributed by atoms with Gasteiger partial charge in [-0.1, -0.05) is 33.6 Å². The summed E-state index contributed by atoms with van der Waals surface area (Å²) < 4.78 is 0. The van der Waals surface area contributed by atoms with Crippen LogP contribution in [0.3, 0.4) is 0 Å². The van der Waals surface area contributed by atoms with Gasteiger partial charge in [-0.2, -0.15) is 0 Å². The van der Waals surface area contributed by atoms with Gasteiger partial charge in [0, 0.05) is 18.1 Å². The molecule has 0 heterocycles. The Hall–Kier alpha value is -0.0800. The fraction of sp³-hybridized carbons (Fsp3) is 1.00. The standard InChI is InChI=1S/C17H36N2/c1-7-14(8-2)13-19(9-3)16-11-10-15(16)12-18-17(4,5)6/h14-16,18H,7-13H2,1-6H3. The van der Waals surface area contributed by atoms with E-state index in [2.05, 4.69) is 51.8 Å². The Balaban J connectivity index is 2.43. The third-order valence-electron chi connectivity index (χ3n) is 4.79. The lowest BCUT2D eigenvalue weighted by atomic mass is 9.77. The summed E-state index contributed by atoms with van der Waals surface area (Å²) in [6.07, 6.45) is 5.47. The monoisotopic (exact) mass is 268 g/mol. The van der Waals surface area contributed by atoms with Gasteiger partial charge in [-0.3, -0.25) is 0 Å². The van der Waals surface area contributed by atoms with Crippen LogP contribution in [0.15, 0.2) is 0 Å². The summed E-state index contributed by atoms with van der Waals surface area (Å²) >= 11 is 0. The molecule has 0 amide bonds. The van der Waals surface area contributed by atoms with Gasteiger partial charge in [0.2, 0.25) is 0 Å². The lowest BCUT2D eigenvalue weighted by Gasteiger charge is -2.46. The van der Waals surface area contributed by atoms with Crippen molar-refractivity contribution in [1.29, 1.82) is 0 Å². The first kappa shape index (κ1) is 17.0. The molecular formula is C17H36N2. The van der Waals surface area contributed by atoms with Crippen molar-refractivity contribution < 1.29 is 0 Å². The van der Waals surface area contributed by atoms with E-state index in [0.717, 1.165) is 17.9 Å². The largest absolute Gasteiger partial charge is 0.312 e. The Morgan fingerprint density at radius 2 is 1.74 bits per heavy atom. The molecule has 1 rings (SSSR count). The number of hydrogen-bond acceptors (Lipinski definition) is 2. The summed E-state index contributed by atoms with van der Waals surface area (Å²) in [5.74, 6) is 1.75. The van der Waals surface area contributed by atoms with E-state index in [1.807, 2.05) is 0 Å². The highest BCUT2D eigenvalue weighted by Crippen LogP contribution is 2.33. The van der Waals surface area contributed by atoms with Gasteiger partial charge in [0.25, 0.3) is 0 Å². The molecule has 0 spiro atoms. The molecule has 2 heteroatoms. The third-order valence-corrected chi connectivity index (χ3v) is 4.79. The van der Waals surface area contributed by atoms with Crippen LogP contribution in [0.2, 0.25) is 0 Å². The van der Waals surface area contributed by atoms with E-state index >= 15 is 0 Å². The van der Waals surface area contributed by atoms with Crippen LogP contribution in [0, 0.1) is 11.8 Å². The Labute approximate surface area is 121 Å². The van der Waals surface area contributed by atoms with E-state index < -0.39 is 0 Å².